The molecule has 1 aromatic carbocycles. The number of carbonyl (C=O) groups excluding carboxylic acids is 1. The van der Waals surface area contributed by atoms with Crippen LogP contribution in [0.15, 0.2) is 52.1 Å². The number of aromatic amines is 1. The van der Waals surface area contributed by atoms with Crippen LogP contribution in [0.3, 0.4) is 0 Å². The smallest absolute Gasteiger partial charge is 0.256 e. The van der Waals surface area contributed by atoms with Gasteiger partial charge in [0, 0.05) is 48.4 Å². The van der Waals surface area contributed by atoms with Crippen LogP contribution in [-0.2, 0) is 10.0 Å². The Balaban J connectivity index is 1.52. The average Bonchev–Trinajstić information content (AvgIpc) is 3.14. The van der Waals surface area contributed by atoms with E-state index in [1.807, 2.05) is 0 Å². The summed E-state index contributed by atoms with van der Waals surface area (Å²) in [6.07, 6.45) is 3.02. The fourth-order valence-corrected chi connectivity index (χ4v) is 5.18. The second kappa shape index (κ2) is 7.26. The molecule has 0 bridgehead atoms. The van der Waals surface area contributed by atoms with Gasteiger partial charge in [0.1, 0.15) is 16.4 Å². The molecule has 0 aliphatic carbocycles. The second-order valence-corrected chi connectivity index (χ2v) is 9.19. The van der Waals surface area contributed by atoms with Gasteiger partial charge in [-0.2, -0.15) is 4.31 Å². The predicted molar refractivity (Wildman–Crippen MR) is 105 cm³/mol. The molecule has 2 aromatic heterocycles. The number of hydrogen-bond donors (Lipinski definition) is 1. The van der Waals surface area contributed by atoms with Crippen molar-refractivity contribution in [3.05, 3.63) is 58.6 Å². The van der Waals surface area contributed by atoms with Gasteiger partial charge in [-0.15, -0.1) is 0 Å². The topological polar surface area (TPSA) is 86.4 Å². The summed E-state index contributed by atoms with van der Waals surface area (Å²) in [5, 5.41) is 0.525. The van der Waals surface area contributed by atoms with Gasteiger partial charge in [0.15, 0.2) is 0 Å². The third-order valence-electron chi connectivity index (χ3n) is 4.72. The molecule has 3 heterocycles. The third kappa shape index (κ3) is 3.31. The molecule has 0 unspecified atom stereocenters. The molecule has 1 amide bonds. The van der Waals surface area contributed by atoms with Crippen molar-refractivity contribution in [2.45, 2.75) is 4.90 Å². The fraction of sp³-hybridized carbons (Fsp3) is 0.222. The molecule has 7 nitrogen and oxygen atoms in total. The number of amides is 1. The highest BCUT2D eigenvalue weighted by Crippen LogP contribution is 2.25. The summed E-state index contributed by atoms with van der Waals surface area (Å²) in [6.45, 7) is 0.641. The summed E-state index contributed by atoms with van der Waals surface area (Å²) in [5.74, 6) is -1.05. The number of benzene rings is 1. The molecule has 10 heteroatoms. The maximum absolute atomic E-state index is 14.0. The van der Waals surface area contributed by atoms with Gasteiger partial charge in [0.2, 0.25) is 10.0 Å². The van der Waals surface area contributed by atoms with Gasteiger partial charge < -0.3 is 9.88 Å². The Bertz CT molecular complexity index is 1160. The molecule has 28 heavy (non-hydrogen) atoms. The largest absolute Gasteiger partial charge is 0.345 e. The van der Waals surface area contributed by atoms with Crippen LogP contribution < -0.4 is 0 Å². The summed E-state index contributed by atoms with van der Waals surface area (Å²) in [6, 6.07) is 7.55. The lowest BCUT2D eigenvalue weighted by molar-refractivity contribution is 0.0693. The van der Waals surface area contributed by atoms with Gasteiger partial charge in [0.25, 0.3) is 5.91 Å². The molecule has 0 spiro atoms. The highest BCUT2D eigenvalue weighted by atomic mass is 79.9. The van der Waals surface area contributed by atoms with Gasteiger partial charge in [-0.1, -0.05) is 15.9 Å². The molecule has 1 fully saturated rings. The van der Waals surface area contributed by atoms with E-state index in [9.17, 15) is 17.6 Å². The van der Waals surface area contributed by atoms with Crippen molar-refractivity contribution in [1.82, 2.24) is 19.2 Å². The number of carbonyl (C=O) groups is 1. The van der Waals surface area contributed by atoms with E-state index in [1.54, 1.807) is 18.3 Å². The number of hydrogen-bond acceptors (Lipinski definition) is 4. The standard InChI is InChI=1S/C18H16BrFN4O3S/c19-12-3-4-15(20)14(10-12)18(25)23-6-8-24(9-7-23)28(26,27)16-11-22-17-13(16)2-1-5-21-17/h1-5,10-11H,6-9H2,(H,21,22). The summed E-state index contributed by atoms with van der Waals surface area (Å²) in [5.41, 5.74) is 0.466. The van der Waals surface area contributed by atoms with Gasteiger partial charge in [-0.25, -0.2) is 17.8 Å². The van der Waals surface area contributed by atoms with E-state index in [0.29, 0.717) is 15.5 Å². The molecule has 146 valence electrons. The van der Waals surface area contributed by atoms with E-state index in [0.717, 1.165) is 0 Å². The molecule has 1 aliphatic heterocycles. The highest BCUT2D eigenvalue weighted by Gasteiger charge is 2.32. The van der Waals surface area contributed by atoms with E-state index >= 15 is 0 Å². The van der Waals surface area contributed by atoms with Crippen LogP contribution in [0.5, 0.6) is 0 Å². The molecule has 3 aromatic rings. The lowest BCUT2D eigenvalue weighted by Gasteiger charge is -2.34. The van der Waals surface area contributed by atoms with Gasteiger partial charge in [0.05, 0.1) is 5.56 Å². The number of nitrogens with one attached hydrogen (secondary N) is 1. The summed E-state index contributed by atoms with van der Waals surface area (Å²) < 4.78 is 42.0. The van der Waals surface area contributed by atoms with Crippen LogP contribution in [0.25, 0.3) is 11.0 Å². The number of halogens is 2. The number of aromatic nitrogens is 2. The first-order valence-corrected chi connectivity index (χ1v) is 10.8. The minimum atomic E-state index is -3.73. The number of pyridine rings is 1. The Kier molecular flexibility index (Phi) is 4.94. The fourth-order valence-electron chi connectivity index (χ4n) is 3.25. The van der Waals surface area contributed by atoms with Crippen molar-refractivity contribution in [3.63, 3.8) is 0 Å². The van der Waals surface area contributed by atoms with Crippen LogP contribution in [0.2, 0.25) is 0 Å². The average molecular weight is 467 g/mol. The van der Waals surface area contributed by atoms with Crippen molar-refractivity contribution < 1.29 is 17.6 Å². The number of rotatable bonds is 3. The van der Waals surface area contributed by atoms with Crippen LogP contribution in [0.1, 0.15) is 10.4 Å². The quantitative estimate of drug-likeness (QED) is 0.642. The van der Waals surface area contributed by atoms with Crippen LogP contribution in [-0.4, -0.2) is 59.7 Å². The zero-order chi connectivity index (χ0) is 19.9. The van der Waals surface area contributed by atoms with Crippen molar-refractivity contribution in [3.8, 4) is 0 Å². The zero-order valence-electron chi connectivity index (χ0n) is 14.6. The van der Waals surface area contributed by atoms with Crippen LogP contribution in [0.4, 0.5) is 4.39 Å². The number of H-pyrrole nitrogens is 1. The third-order valence-corrected chi connectivity index (χ3v) is 7.15. The molecule has 0 atom stereocenters. The first-order valence-electron chi connectivity index (χ1n) is 8.54. The number of piperazine rings is 1. The minimum Gasteiger partial charge on any atom is -0.345 e. The van der Waals surface area contributed by atoms with Crippen molar-refractivity contribution in [2.75, 3.05) is 26.2 Å². The first-order chi connectivity index (χ1) is 13.4. The van der Waals surface area contributed by atoms with Crippen molar-refractivity contribution >= 4 is 42.9 Å². The first kappa shape index (κ1) is 19.0. The maximum Gasteiger partial charge on any atom is 0.256 e. The molecular formula is C18H16BrFN4O3S. The van der Waals surface area contributed by atoms with Gasteiger partial charge in [-0.05, 0) is 30.3 Å². The molecule has 1 saturated heterocycles. The highest BCUT2D eigenvalue weighted by molar-refractivity contribution is 9.10. The van der Waals surface area contributed by atoms with Gasteiger partial charge >= 0.3 is 0 Å². The van der Waals surface area contributed by atoms with E-state index in [1.165, 1.54) is 33.6 Å². The molecular weight excluding hydrogens is 451 g/mol. The van der Waals surface area contributed by atoms with E-state index in [-0.39, 0.29) is 36.6 Å². The normalized spacial score (nSPS) is 15.9. The summed E-state index contributed by atoms with van der Waals surface area (Å²) >= 11 is 3.23. The summed E-state index contributed by atoms with van der Waals surface area (Å²) in [7, 11) is -3.73. The predicted octanol–water partition coefficient (Wildman–Crippen LogP) is 2.61. The van der Waals surface area contributed by atoms with Crippen molar-refractivity contribution in [2.24, 2.45) is 0 Å². The van der Waals surface area contributed by atoms with E-state index in [4.69, 9.17) is 0 Å². The monoisotopic (exact) mass is 466 g/mol. The number of sulfonamides is 1. The Morgan fingerprint density at radius 3 is 2.68 bits per heavy atom. The zero-order valence-corrected chi connectivity index (χ0v) is 17.0. The lowest BCUT2D eigenvalue weighted by atomic mass is 10.1. The SMILES string of the molecule is O=C(c1cc(Br)ccc1F)N1CCN(S(=O)(=O)c2c[nH]c3ncccc23)CC1. The molecule has 1 N–H and O–H groups in total. The van der Waals surface area contributed by atoms with Gasteiger partial charge in [-0.3, -0.25) is 4.79 Å². The van der Waals surface area contributed by atoms with Crippen LogP contribution in [0, 0.1) is 5.82 Å². The number of fused-ring (bicyclic) bond motifs is 1. The Morgan fingerprint density at radius 1 is 1.18 bits per heavy atom. The van der Waals surface area contributed by atoms with E-state index < -0.39 is 21.7 Å². The number of nitrogens with zero attached hydrogens (tertiary/aromatic N) is 3. The van der Waals surface area contributed by atoms with Crippen LogP contribution >= 0.6 is 15.9 Å². The molecule has 0 saturated carbocycles. The van der Waals surface area contributed by atoms with E-state index in [2.05, 4.69) is 25.9 Å². The van der Waals surface area contributed by atoms with Crippen molar-refractivity contribution in [1.29, 1.82) is 0 Å². The Hall–Kier alpha value is -2.30. The second-order valence-electron chi connectivity index (χ2n) is 6.37. The Morgan fingerprint density at radius 2 is 1.93 bits per heavy atom. The molecule has 0 radical (unpaired) electrons. The minimum absolute atomic E-state index is 0.0339. The summed E-state index contributed by atoms with van der Waals surface area (Å²) in [4.78, 5) is 21.2. The lowest BCUT2D eigenvalue weighted by Crippen LogP contribution is -2.50. The maximum atomic E-state index is 14.0. The molecule has 1 aliphatic rings. The molecule has 4 rings (SSSR count). The Labute approximate surface area is 169 Å².